The van der Waals surface area contributed by atoms with E-state index in [1.807, 2.05) is 20.9 Å². The highest BCUT2D eigenvalue weighted by Crippen LogP contribution is 2.23. The molecule has 0 unspecified atom stereocenters. The zero-order chi connectivity index (χ0) is 16.2. The lowest BCUT2D eigenvalue weighted by Gasteiger charge is -2.20. The van der Waals surface area contributed by atoms with Crippen LogP contribution in [0.2, 0.25) is 0 Å². The second-order valence-corrected chi connectivity index (χ2v) is 7.09. The fourth-order valence-corrected chi connectivity index (χ4v) is 4.17. The lowest BCUT2D eigenvalue weighted by molar-refractivity contribution is 0.451. The van der Waals surface area contributed by atoms with Crippen molar-refractivity contribution in [3.8, 4) is 0 Å². The van der Waals surface area contributed by atoms with Crippen molar-refractivity contribution in [3.63, 3.8) is 0 Å². The number of hydrogen-bond acceptors (Lipinski definition) is 4. The van der Waals surface area contributed by atoms with Crippen LogP contribution in [0.25, 0.3) is 0 Å². The molecular weight excluding hydrogens is 288 g/mol. The van der Waals surface area contributed by atoms with E-state index < -0.39 is 10.0 Å². The molecule has 0 amide bonds. The molecule has 0 fully saturated rings. The number of likely N-dealkylation sites (N-methyl/N-ethyl adjacent to an activating group) is 2. The first-order chi connectivity index (χ1) is 9.75. The Kier molecular flexibility index (Phi) is 6.12. The summed E-state index contributed by atoms with van der Waals surface area (Å²) < 4.78 is 28.9. The van der Waals surface area contributed by atoms with Crippen LogP contribution in [0, 0.1) is 13.8 Å². The molecule has 6 nitrogen and oxygen atoms in total. The molecule has 1 N–H and O–H groups in total. The second-order valence-electron chi connectivity index (χ2n) is 5.21. The number of aromatic nitrogens is 2. The molecule has 1 heterocycles. The topological polar surface area (TPSA) is 67.2 Å². The molecule has 0 radical (unpaired) electrons. The molecule has 0 aromatic carbocycles. The Balaban J connectivity index is 3.24. The maximum Gasteiger partial charge on any atom is 0.247 e. The Morgan fingerprint density at radius 2 is 2.05 bits per heavy atom. The predicted molar refractivity (Wildman–Crippen MR) is 84.9 cm³/mol. The maximum atomic E-state index is 12.8. The van der Waals surface area contributed by atoms with Gasteiger partial charge >= 0.3 is 0 Å². The van der Waals surface area contributed by atoms with E-state index in [4.69, 9.17) is 0 Å². The highest BCUT2D eigenvalue weighted by Gasteiger charge is 2.29. The van der Waals surface area contributed by atoms with Gasteiger partial charge in [0.25, 0.3) is 0 Å². The fraction of sp³-hybridized carbons (Fsp3) is 0.643. The molecule has 0 atom stereocenters. The van der Waals surface area contributed by atoms with Crippen molar-refractivity contribution in [3.05, 3.63) is 23.5 Å². The first kappa shape index (κ1) is 17.9. The van der Waals surface area contributed by atoms with Gasteiger partial charge in [-0.1, -0.05) is 19.1 Å². The van der Waals surface area contributed by atoms with Crippen LogP contribution in [0.15, 0.2) is 17.0 Å². The predicted octanol–water partition coefficient (Wildman–Crippen LogP) is 1.31. The van der Waals surface area contributed by atoms with Gasteiger partial charge in [-0.3, -0.25) is 4.68 Å². The smallest absolute Gasteiger partial charge is 0.247 e. The molecule has 1 aromatic heterocycles. The van der Waals surface area contributed by atoms with Crippen LogP contribution in [-0.2, 0) is 16.6 Å². The quantitative estimate of drug-likeness (QED) is 0.735. The van der Waals surface area contributed by atoms with Crippen molar-refractivity contribution >= 4 is 10.0 Å². The van der Waals surface area contributed by atoms with Crippen LogP contribution in [-0.4, -0.2) is 49.2 Å². The van der Waals surface area contributed by atoms with E-state index in [1.165, 1.54) is 4.31 Å². The molecule has 0 aliphatic rings. The highest BCUT2D eigenvalue weighted by atomic mass is 32.2. The summed E-state index contributed by atoms with van der Waals surface area (Å²) in [6, 6.07) is 0. The molecule has 0 spiro atoms. The first-order valence-electron chi connectivity index (χ1n) is 7.08. The van der Waals surface area contributed by atoms with E-state index >= 15 is 0 Å². The lowest BCUT2D eigenvalue weighted by atomic mass is 10.3. The third-order valence-electron chi connectivity index (χ3n) is 3.29. The second kappa shape index (κ2) is 7.20. The average Bonchev–Trinajstić information content (AvgIpc) is 2.68. The van der Waals surface area contributed by atoms with Gasteiger partial charge in [0.05, 0.1) is 17.9 Å². The molecule has 0 saturated heterocycles. The summed E-state index contributed by atoms with van der Waals surface area (Å²) in [7, 11) is -1.69. The van der Waals surface area contributed by atoms with Gasteiger partial charge in [-0.2, -0.15) is 9.40 Å². The van der Waals surface area contributed by atoms with Crippen LogP contribution < -0.4 is 5.32 Å². The fourth-order valence-electron chi connectivity index (χ4n) is 2.29. The van der Waals surface area contributed by atoms with Gasteiger partial charge in [0, 0.05) is 19.6 Å². The third kappa shape index (κ3) is 3.93. The largest absolute Gasteiger partial charge is 0.318 e. The van der Waals surface area contributed by atoms with E-state index in [2.05, 4.69) is 17.0 Å². The highest BCUT2D eigenvalue weighted by molar-refractivity contribution is 7.89. The van der Waals surface area contributed by atoms with Crippen molar-refractivity contribution in [1.82, 2.24) is 19.4 Å². The number of nitrogens with zero attached hydrogens (tertiary/aromatic N) is 3. The van der Waals surface area contributed by atoms with Crippen molar-refractivity contribution < 1.29 is 8.42 Å². The molecule has 21 heavy (non-hydrogen) atoms. The van der Waals surface area contributed by atoms with Crippen LogP contribution in [0.1, 0.15) is 25.2 Å². The first-order valence-corrected chi connectivity index (χ1v) is 8.52. The van der Waals surface area contributed by atoms with Gasteiger partial charge in [0.1, 0.15) is 4.90 Å². The van der Waals surface area contributed by atoms with Gasteiger partial charge in [-0.05, 0) is 27.8 Å². The Morgan fingerprint density at radius 3 is 2.52 bits per heavy atom. The van der Waals surface area contributed by atoms with Crippen molar-refractivity contribution in [2.24, 2.45) is 0 Å². The van der Waals surface area contributed by atoms with E-state index in [0.717, 1.165) is 12.1 Å². The van der Waals surface area contributed by atoms with Gasteiger partial charge < -0.3 is 5.32 Å². The Labute approximate surface area is 127 Å². The molecule has 1 rings (SSSR count). The maximum absolute atomic E-state index is 12.8. The van der Waals surface area contributed by atoms with Crippen molar-refractivity contribution in [2.45, 2.75) is 39.1 Å². The normalized spacial score (nSPS) is 12.1. The third-order valence-corrected chi connectivity index (χ3v) is 5.46. The van der Waals surface area contributed by atoms with Crippen LogP contribution >= 0.6 is 0 Å². The number of sulfonamides is 1. The Hall–Kier alpha value is -1.18. The van der Waals surface area contributed by atoms with Gasteiger partial charge in [-0.15, -0.1) is 0 Å². The average molecular weight is 314 g/mol. The van der Waals surface area contributed by atoms with E-state index in [9.17, 15) is 8.42 Å². The molecule has 0 saturated carbocycles. The Bertz CT molecular complexity index is 605. The summed E-state index contributed by atoms with van der Waals surface area (Å²) in [4.78, 5) is 0.321. The standard InChI is InChI=1S/C14H26N4O2S/c1-7-17(10-11(2)3)21(19,20)14-12(4)16-18(13(14)5)9-8-15-6/h15H,2,7-10H2,1,3-6H3. The molecule has 7 heteroatoms. The minimum absolute atomic E-state index is 0.321. The summed E-state index contributed by atoms with van der Waals surface area (Å²) in [5.41, 5.74) is 2.05. The number of hydrogen-bond donors (Lipinski definition) is 1. The summed E-state index contributed by atoms with van der Waals surface area (Å²) in [6.45, 7) is 13.1. The molecule has 1 aromatic rings. The number of nitrogens with one attached hydrogen (secondary N) is 1. The van der Waals surface area contributed by atoms with Gasteiger partial charge in [0.2, 0.25) is 10.0 Å². The molecular formula is C14H26N4O2S. The molecule has 0 bridgehead atoms. The molecule has 0 aliphatic carbocycles. The zero-order valence-electron chi connectivity index (χ0n) is 13.6. The zero-order valence-corrected chi connectivity index (χ0v) is 14.4. The van der Waals surface area contributed by atoms with Gasteiger partial charge in [0.15, 0.2) is 0 Å². The summed E-state index contributed by atoms with van der Waals surface area (Å²) in [5, 5.41) is 7.40. The van der Waals surface area contributed by atoms with Crippen LogP contribution in [0.3, 0.4) is 0 Å². The Morgan fingerprint density at radius 1 is 1.43 bits per heavy atom. The van der Waals surface area contributed by atoms with Crippen molar-refractivity contribution in [1.29, 1.82) is 0 Å². The van der Waals surface area contributed by atoms with Crippen molar-refractivity contribution in [2.75, 3.05) is 26.7 Å². The van der Waals surface area contributed by atoms with E-state index in [0.29, 0.717) is 35.9 Å². The monoisotopic (exact) mass is 314 g/mol. The summed E-state index contributed by atoms with van der Waals surface area (Å²) >= 11 is 0. The SMILES string of the molecule is C=C(C)CN(CC)S(=O)(=O)c1c(C)nn(CCNC)c1C. The molecule has 120 valence electrons. The molecule has 0 aliphatic heterocycles. The summed E-state index contributed by atoms with van der Waals surface area (Å²) in [5.74, 6) is 0. The minimum Gasteiger partial charge on any atom is -0.318 e. The van der Waals surface area contributed by atoms with Crippen LogP contribution in [0.5, 0.6) is 0 Å². The lowest BCUT2D eigenvalue weighted by Crippen LogP contribution is -2.33. The van der Waals surface area contributed by atoms with Crippen LogP contribution in [0.4, 0.5) is 0 Å². The minimum atomic E-state index is -3.54. The van der Waals surface area contributed by atoms with E-state index in [-0.39, 0.29) is 0 Å². The number of aryl methyl sites for hydroxylation is 1. The summed E-state index contributed by atoms with van der Waals surface area (Å²) in [6.07, 6.45) is 0. The van der Waals surface area contributed by atoms with Gasteiger partial charge in [-0.25, -0.2) is 8.42 Å². The number of rotatable bonds is 8. The van der Waals surface area contributed by atoms with E-state index in [1.54, 1.807) is 18.5 Å².